The Morgan fingerprint density at radius 1 is 1.22 bits per heavy atom. The molecule has 0 amide bonds. The zero-order valence-electron chi connectivity index (χ0n) is 8.92. The van der Waals surface area contributed by atoms with Crippen molar-refractivity contribution in [2.75, 3.05) is 5.32 Å². The van der Waals surface area contributed by atoms with Crippen LogP contribution in [0.3, 0.4) is 0 Å². The second-order valence-corrected chi connectivity index (χ2v) is 4.20. The highest BCUT2D eigenvalue weighted by Gasteiger charge is 2.10. The van der Waals surface area contributed by atoms with Crippen molar-refractivity contribution < 1.29 is 4.39 Å². The minimum Gasteiger partial charge on any atom is -0.338 e. The zero-order valence-corrected chi connectivity index (χ0v) is 10.4. The van der Waals surface area contributed by atoms with Gasteiger partial charge in [-0.25, -0.2) is 9.37 Å². The van der Waals surface area contributed by atoms with E-state index in [1.807, 2.05) is 0 Å². The average Bonchev–Trinajstić information content (AvgIpc) is 2.36. The molecule has 0 bridgehead atoms. The second-order valence-electron chi connectivity index (χ2n) is 3.40. The van der Waals surface area contributed by atoms with Crippen LogP contribution in [0.2, 0.25) is 10.2 Å². The molecule has 0 aliphatic rings. The molecule has 0 radical (unpaired) electrons. The minimum absolute atomic E-state index is 0.00387. The lowest BCUT2D eigenvalue weighted by atomic mass is 10.3. The van der Waals surface area contributed by atoms with Crippen LogP contribution in [-0.4, -0.2) is 4.98 Å². The number of pyridine rings is 1. The summed E-state index contributed by atoms with van der Waals surface area (Å²) in [4.78, 5) is 3.79. The molecule has 90 valence electrons. The second kappa shape index (κ2) is 5.21. The van der Waals surface area contributed by atoms with Gasteiger partial charge in [0.2, 0.25) is 0 Å². The number of nitrogens with one attached hydrogen (secondary N) is 1. The lowest BCUT2D eigenvalue weighted by molar-refractivity contribution is 0.626. The first kappa shape index (κ1) is 12.6. The van der Waals surface area contributed by atoms with Gasteiger partial charge in [0, 0.05) is 10.7 Å². The molecular weight excluding hydrogens is 276 g/mol. The number of rotatable bonds is 2. The molecule has 2 aromatic rings. The molecule has 0 spiro atoms. The molecule has 3 nitrogen and oxygen atoms in total. The first-order chi connectivity index (χ1) is 8.60. The van der Waals surface area contributed by atoms with E-state index in [4.69, 9.17) is 28.5 Å². The van der Waals surface area contributed by atoms with Crippen molar-refractivity contribution in [1.82, 2.24) is 4.98 Å². The Balaban J connectivity index is 2.32. The van der Waals surface area contributed by atoms with Crippen LogP contribution in [0.5, 0.6) is 0 Å². The maximum Gasteiger partial charge on any atom is 0.168 e. The summed E-state index contributed by atoms with van der Waals surface area (Å²) in [6.45, 7) is 0. The summed E-state index contributed by atoms with van der Waals surface area (Å²) in [6.07, 6.45) is 0. The summed E-state index contributed by atoms with van der Waals surface area (Å²) < 4.78 is 13.6. The van der Waals surface area contributed by atoms with E-state index in [0.717, 1.165) is 6.07 Å². The number of anilines is 2. The van der Waals surface area contributed by atoms with Crippen LogP contribution < -0.4 is 5.32 Å². The molecule has 1 aromatic carbocycles. The van der Waals surface area contributed by atoms with Crippen molar-refractivity contribution in [3.63, 3.8) is 0 Å². The van der Waals surface area contributed by atoms with Crippen LogP contribution in [0.1, 0.15) is 5.56 Å². The third-order valence-electron chi connectivity index (χ3n) is 2.16. The number of halogens is 3. The topological polar surface area (TPSA) is 48.7 Å². The van der Waals surface area contributed by atoms with Crippen molar-refractivity contribution in [3.05, 3.63) is 51.9 Å². The molecule has 0 aliphatic carbocycles. The van der Waals surface area contributed by atoms with E-state index in [2.05, 4.69) is 10.3 Å². The van der Waals surface area contributed by atoms with Gasteiger partial charge in [-0.2, -0.15) is 5.26 Å². The first-order valence-electron chi connectivity index (χ1n) is 4.89. The van der Waals surface area contributed by atoms with Gasteiger partial charge in [-0.15, -0.1) is 0 Å². The molecule has 0 fully saturated rings. The van der Waals surface area contributed by atoms with Crippen molar-refractivity contribution in [2.24, 2.45) is 0 Å². The summed E-state index contributed by atoms with van der Waals surface area (Å²) >= 11 is 11.5. The third kappa shape index (κ3) is 2.70. The zero-order chi connectivity index (χ0) is 13.1. The molecule has 2 rings (SSSR count). The summed E-state index contributed by atoms with van der Waals surface area (Å²) in [5.74, 6) is -0.688. The number of aromatic nitrogens is 1. The summed E-state index contributed by atoms with van der Waals surface area (Å²) in [5, 5.41) is 12.0. The van der Waals surface area contributed by atoms with Crippen molar-refractivity contribution in [2.45, 2.75) is 0 Å². The first-order valence-corrected chi connectivity index (χ1v) is 5.64. The van der Waals surface area contributed by atoms with Gasteiger partial charge < -0.3 is 5.32 Å². The van der Waals surface area contributed by atoms with Crippen LogP contribution in [0.4, 0.5) is 15.9 Å². The number of benzene rings is 1. The Morgan fingerprint density at radius 2 is 1.89 bits per heavy atom. The standard InChI is InChI=1S/C12H6Cl2FN3/c13-8-1-3-9(4-2-8)17-12-10(15)5-7(6-16)11(14)18-12/h1-5H,(H,17,18). The van der Waals surface area contributed by atoms with Crippen LogP contribution in [-0.2, 0) is 0 Å². The molecule has 0 atom stereocenters. The normalized spacial score (nSPS) is 9.89. The van der Waals surface area contributed by atoms with Gasteiger partial charge in [0.25, 0.3) is 0 Å². The fourth-order valence-corrected chi connectivity index (χ4v) is 1.61. The highest BCUT2D eigenvalue weighted by atomic mass is 35.5. The highest BCUT2D eigenvalue weighted by Crippen LogP contribution is 2.23. The van der Waals surface area contributed by atoms with E-state index in [-0.39, 0.29) is 16.5 Å². The molecule has 6 heteroatoms. The molecule has 0 aliphatic heterocycles. The highest BCUT2D eigenvalue weighted by molar-refractivity contribution is 6.31. The Morgan fingerprint density at radius 3 is 2.50 bits per heavy atom. The fraction of sp³-hybridized carbons (Fsp3) is 0. The largest absolute Gasteiger partial charge is 0.338 e. The Hall–Kier alpha value is -1.83. The van der Waals surface area contributed by atoms with Crippen LogP contribution in [0, 0.1) is 17.1 Å². The molecule has 0 saturated heterocycles. The third-order valence-corrected chi connectivity index (χ3v) is 2.70. The van der Waals surface area contributed by atoms with Crippen molar-refractivity contribution in [3.8, 4) is 6.07 Å². The van der Waals surface area contributed by atoms with Gasteiger partial charge in [-0.05, 0) is 30.3 Å². The Bertz CT molecular complexity index is 620. The lowest BCUT2D eigenvalue weighted by Gasteiger charge is -2.07. The summed E-state index contributed by atoms with van der Waals surface area (Å²) in [7, 11) is 0. The van der Waals surface area contributed by atoms with Gasteiger partial charge in [0.1, 0.15) is 11.2 Å². The van der Waals surface area contributed by atoms with Crippen LogP contribution in [0.15, 0.2) is 30.3 Å². The summed E-state index contributed by atoms with van der Waals surface area (Å²) in [5.41, 5.74) is 0.613. The van der Waals surface area contributed by atoms with Gasteiger partial charge in [-0.3, -0.25) is 0 Å². The molecule has 1 N–H and O–H groups in total. The lowest BCUT2D eigenvalue weighted by Crippen LogP contribution is -1.99. The predicted molar refractivity (Wildman–Crippen MR) is 68.7 cm³/mol. The predicted octanol–water partition coefficient (Wildman–Crippen LogP) is 4.14. The molecule has 0 unspecified atom stereocenters. The SMILES string of the molecule is N#Cc1cc(F)c(Nc2ccc(Cl)cc2)nc1Cl. The van der Waals surface area contributed by atoms with Gasteiger partial charge in [0.15, 0.2) is 11.6 Å². The van der Waals surface area contributed by atoms with Crippen molar-refractivity contribution >= 4 is 34.7 Å². The van der Waals surface area contributed by atoms with Crippen LogP contribution in [0.25, 0.3) is 0 Å². The molecule has 1 heterocycles. The Labute approximate surface area is 113 Å². The van der Waals surface area contributed by atoms with Gasteiger partial charge in [-0.1, -0.05) is 23.2 Å². The quantitative estimate of drug-likeness (QED) is 0.842. The monoisotopic (exact) mass is 281 g/mol. The maximum absolute atomic E-state index is 13.6. The fourth-order valence-electron chi connectivity index (χ4n) is 1.30. The summed E-state index contributed by atoms with van der Waals surface area (Å²) in [6, 6.07) is 9.46. The van der Waals surface area contributed by atoms with E-state index in [9.17, 15) is 4.39 Å². The number of hydrogen-bond acceptors (Lipinski definition) is 3. The number of nitrogens with zero attached hydrogens (tertiary/aromatic N) is 2. The number of nitriles is 1. The van der Waals surface area contributed by atoms with E-state index >= 15 is 0 Å². The van der Waals surface area contributed by atoms with Gasteiger partial charge in [0.05, 0.1) is 5.56 Å². The average molecular weight is 282 g/mol. The van der Waals surface area contributed by atoms with E-state index < -0.39 is 5.82 Å². The van der Waals surface area contributed by atoms with Crippen LogP contribution >= 0.6 is 23.2 Å². The maximum atomic E-state index is 13.6. The molecular formula is C12H6Cl2FN3. The molecule has 18 heavy (non-hydrogen) atoms. The van der Waals surface area contributed by atoms with E-state index in [0.29, 0.717) is 10.7 Å². The van der Waals surface area contributed by atoms with Crippen molar-refractivity contribution in [1.29, 1.82) is 5.26 Å². The molecule has 1 aromatic heterocycles. The minimum atomic E-state index is -0.647. The number of hydrogen-bond donors (Lipinski definition) is 1. The van der Waals surface area contributed by atoms with E-state index in [1.54, 1.807) is 30.3 Å². The molecule has 0 saturated carbocycles. The smallest absolute Gasteiger partial charge is 0.168 e. The van der Waals surface area contributed by atoms with E-state index in [1.165, 1.54) is 0 Å². The van der Waals surface area contributed by atoms with Gasteiger partial charge >= 0.3 is 0 Å². The Kier molecular flexibility index (Phi) is 3.66.